The fourth-order valence-electron chi connectivity index (χ4n) is 2.67. The highest BCUT2D eigenvalue weighted by atomic mass is 35.5. The molecule has 0 aromatic heterocycles. The van der Waals surface area contributed by atoms with E-state index in [-0.39, 0.29) is 24.5 Å². The summed E-state index contributed by atoms with van der Waals surface area (Å²) < 4.78 is 5.28. The standard InChI is InChI=1S/C15H18ClNO4/c1-9-3-4-10(16)5-13(9)15(20)17-8-12(21-2)6-11(17)7-14(18)19/h3-5,11-12H,6-8H2,1-2H3,(H,18,19). The van der Waals surface area contributed by atoms with Gasteiger partial charge in [0.05, 0.1) is 12.5 Å². The lowest BCUT2D eigenvalue weighted by atomic mass is 10.1. The van der Waals surface area contributed by atoms with Crippen LogP contribution in [0.5, 0.6) is 0 Å². The van der Waals surface area contributed by atoms with Gasteiger partial charge in [0.25, 0.3) is 5.91 Å². The molecule has 1 heterocycles. The number of rotatable bonds is 4. The van der Waals surface area contributed by atoms with Crippen molar-refractivity contribution in [1.82, 2.24) is 4.90 Å². The van der Waals surface area contributed by atoms with Gasteiger partial charge in [0, 0.05) is 30.3 Å². The maximum Gasteiger partial charge on any atom is 0.305 e. The highest BCUT2D eigenvalue weighted by Crippen LogP contribution is 2.26. The first kappa shape index (κ1) is 15.8. The molecule has 1 fully saturated rings. The smallest absolute Gasteiger partial charge is 0.305 e. The van der Waals surface area contributed by atoms with E-state index in [0.717, 1.165) is 5.56 Å². The van der Waals surface area contributed by atoms with Gasteiger partial charge in [0.1, 0.15) is 0 Å². The number of methoxy groups -OCH3 is 1. The van der Waals surface area contributed by atoms with Crippen LogP contribution >= 0.6 is 11.6 Å². The van der Waals surface area contributed by atoms with Crippen LogP contribution in [0.3, 0.4) is 0 Å². The van der Waals surface area contributed by atoms with Crippen molar-refractivity contribution >= 4 is 23.5 Å². The Morgan fingerprint density at radius 1 is 1.48 bits per heavy atom. The number of carbonyl (C=O) groups excluding carboxylic acids is 1. The van der Waals surface area contributed by atoms with Crippen molar-refractivity contribution in [1.29, 1.82) is 0 Å². The molecule has 5 nitrogen and oxygen atoms in total. The summed E-state index contributed by atoms with van der Waals surface area (Å²) in [6.45, 7) is 2.23. The van der Waals surface area contributed by atoms with Crippen LogP contribution in [0.1, 0.15) is 28.8 Å². The average molecular weight is 312 g/mol. The van der Waals surface area contributed by atoms with Gasteiger partial charge >= 0.3 is 5.97 Å². The van der Waals surface area contributed by atoms with Gasteiger partial charge in [-0.1, -0.05) is 17.7 Å². The summed E-state index contributed by atoms with van der Waals surface area (Å²) in [7, 11) is 1.57. The Labute approximate surface area is 128 Å². The Bertz CT molecular complexity index is 561. The molecule has 1 aliphatic heterocycles. The average Bonchev–Trinajstić information content (AvgIpc) is 2.83. The number of carbonyl (C=O) groups is 2. The van der Waals surface area contributed by atoms with Crippen molar-refractivity contribution in [2.75, 3.05) is 13.7 Å². The van der Waals surface area contributed by atoms with Gasteiger partial charge in [-0.05, 0) is 31.0 Å². The zero-order valence-electron chi connectivity index (χ0n) is 12.0. The van der Waals surface area contributed by atoms with E-state index in [2.05, 4.69) is 0 Å². The van der Waals surface area contributed by atoms with Crippen molar-refractivity contribution in [3.63, 3.8) is 0 Å². The zero-order chi connectivity index (χ0) is 15.6. The normalized spacial score (nSPS) is 21.6. The number of aryl methyl sites for hydroxylation is 1. The van der Waals surface area contributed by atoms with Crippen LogP contribution in [0, 0.1) is 6.92 Å². The Kier molecular flexibility index (Phi) is 4.85. The molecule has 1 aromatic carbocycles. The molecule has 1 saturated heterocycles. The van der Waals surface area contributed by atoms with Crippen molar-refractivity contribution in [3.05, 3.63) is 34.3 Å². The topological polar surface area (TPSA) is 66.8 Å². The lowest BCUT2D eigenvalue weighted by Gasteiger charge is -2.24. The van der Waals surface area contributed by atoms with Crippen LogP contribution in [0.2, 0.25) is 5.02 Å². The molecule has 1 N–H and O–H groups in total. The lowest BCUT2D eigenvalue weighted by Crippen LogP contribution is -2.37. The fraction of sp³-hybridized carbons (Fsp3) is 0.467. The molecule has 1 aliphatic rings. The molecule has 0 spiro atoms. The van der Waals surface area contributed by atoms with Gasteiger partial charge in [0.15, 0.2) is 0 Å². The summed E-state index contributed by atoms with van der Waals surface area (Å²) in [5, 5.41) is 9.49. The van der Waals surface area contributed by atoms with Gasteiger partial charge in [0.2, 0.25) is 0 Å². The molecule has 114 valence electrons. The zero-order valence-corrected chi connectivity index (χ0v) is 12.8. The number of aliphatic carboxylic acids is 1. The maximum atomic E-state index is 12.7. The van der Waals surface area contributed by atoms with E-state index in [1.807, 2.05) is 6.92 Å². The molecule has 1 aromatic rings. The third-order valence-corrected chi connectivity index (χ3v) is 4.05. The molecule has 0 bridgehead atoms. The second kappa shape index (κ2) is 6.45. The maximum absolute atomic E-state index is 12.7. The predicted octanol–water partition coefficient (Wildman–Crippen LogP) is 2.35. The number of ether oxygens (including phenoxy) is 1. The molecule has 21 heavy (non-hydrogen) atoms. The monoisotopic (exact) mass is 311 g/mol. The third-order valence-electron chi connectivity index (χ3n) is 3.81. The SMILES string of the molecule is COC1CC(CC(=O)O)N(C(=O)c2cc(Cl)ccc2C)C1. The van der Waals surface area contributed by atoms with Crippen LogP contribution in [-0.2, 0) is 9.53 Å². The quantitative estimate of drug-likeness (QED) is 0.927. The summed E-state index contributed by atoms with van der Waals surface area (Å²) in [4.78, 5) is 25.3. The molecule has 1 amide bonds. The van der Waals surface area contributed by atoms with E-state index < -0.39 is 5.97 Å². The van der Waals surface area contributed by atoms with E-state index in [0.29, 0.717) is 23.6 Å². The molecule has 0 aliphatic carbocycles. The molecule has 2 unspecified atom stereocenters. The Hall–Kier alpha value is -1.59. The van der Waals surface area contributed by atoms with E-state index >= 15 is 0 Å². The minimum Gasteiger partial charge on any atom is -0.481 e. The van der Waals surface area contributed by atoms with E-state index in [1.54, 1.807) is 30.2 Å². The second-order valence-corrected chi connectivity index (χ2v) is 5.70. The van der Waals surface area contributed by atoms with Crippen LogP contribution in [0.4, 0.5) is 0 Å². The number of nitrogens with zero attached hydrogens (tertiary/aromatic N) is 1. The Morgan fingerprint density at radius 2 is 2.19 bits per heavy atom. The number of hydrogen-bond donors (Lipinski definition) is 1. The molecule has 0 saturated carbocycles. The van der Waals surface area contributed by atoms with Gasteiger partial charge < -0.3 is 14.7 Å². The third kappa shape index (κ3) is 3.54. The summed E-state index contributed by atoms with van der Waals surface area (Å²) >= 11 is 5.95. The first-order valence-corrected chi connectivity index (χ1v) is 7.12. The predicted molar refractivity (Wildman–Crippen MR) is 78.7 cm³/mol. The number of likely N-dealkylation sites (tertiary alicyclic amines) is 1. The summed E-state index contributed by atoms with van der Waals surface area (Å²) in [5.74, 6) is -1.11. The van der Waals surface area contributed by atoms with E-state index in [4.69, 9.17) is 21.4 Å². The minimum atomic E-state index is -0.919. The summed E-state index contributed by atoms with van der Waals surface area (Å²) in [5.41, 5.74) is 1.33. The van der Waals surface area contributed by atoms with Crippen LogP contribution in [-0.4, -0.2) is 47.7 Å². The summed E-state index contributed by atoms with van der Waals surface area (Å²) in [6, 6.07) is 4.78. The number of amides is 1. The first-order valence-electron chi connectivity index (χ1n) is 6.74. The Balaban J connectivity index is 2.26. The molecular weight excluding hydrogens is 294 g/mol. The van der Waals surface area contributed by atoms with E-state index in [1.165, 1.54) is 0 Å². The number of carboxylic acids is 1. The molecule has 2 atom stereocenters. The highest BCUT2D eigenvalue weighted by Gasteiger charge is 2.37. The lowest BCUT2D eigenvalue weighted by molar-refractivity contribution is -0.137. The number of halogens is 1. The van der Waals surface area contributed by atoms with Crippen molar-refractivity contribution < 1.29 is 19.4 Å². The van der Waals surface area contributed by atoms with Gasteiger partial charge in [-0.25, -0.2) is 0 Å². The number of benzene rings is 1. The first-order chi connectivity index (χ1) is 9.92. The fourth-order valence-corrected chi connectivity index (χ4v) is 2.84. The summed E-state index contributed by atoms with van der Waals surface area (Å²) in [6.07, 6.45) is 0.331. The van der Waals surface area contributed by atoms with Crippen LogP contribution < -0.4 is 0 Å². The van der Waals surface area contributed by atoms with Gasteiger partial charge in [-0.3, -0.25) is 9.59 Å². The second-order valence-electron chi connectivity index (χ2n) is 5.26. The van der Waals surface area contributed by atoms with Crippen LogP contribution in [0.25, 0.3) is 0 Å². The van der Waals surface area contributed by atoms with Crippen LogP contribution in [0.15, 0.2) is 18.2 Å². The highest BCUT2D eigenvalue weighted by molar-refractivity contribution is 6.31. The largest absolute Gasteiger partial charge is 0.481 e. The molecule has 6 heteroatoms. The van der Waals surface area contributed by atoms with Crippen molar-refractivity contribution in [3.8, 4) is 0 Å². The Morgan fingerprint density at radius 3 is 2.81 bits per heavy atom. The molecule has 0 radical (unpaired) electrons. The van der Waals surface area contributed by atoms with Gasteiger partial charge in [-0.15, -0.1) is 0 Å². The van der Waals surface area contributed by atoms with Crippen molar-refractivity contribution in [2.45, 2.75) is 31.9 Å². The minimum absolute atomic E-state index is 0.0782. The van der Waals surface area contributed by atoms with E-state index in [9.17, 15) is 9.59 Å². The molecule has 2 rings (SSSR count). The van der Waals surface area contributed by atoms with Gasteiger partial charge in [-0.2, -0.15) is 0 Å². The number of carboxylic acid groups (broad SMARTS) is 1. The number of hydrogen-bond acceptors (Lipinski definition) is 3. The van der Waals surface area contributed by atoms with Crippen molar-refractivity contribution in [2.24, 2.45) is 0 Å². The molecular formula is C15H18ClNO4.